The molecule has 21 heavy (non-hydrogen) atoms. The van der Waals surface area contributed by atoms with Gasteiger partial charge in [-0.3, -0.25) is 4.79 Å². The Morgan fingerprint density at radius 1 is 1.33 bits per heavy atom. The molecule has 0 aliphatic carbocycles. The summed E-state index contributed by atoms with van der Waals surface area (Å²) in [5, 5.41) is 4.26. The van der Waals surface area contributed by atoms with E-state index < -0.39 is 5.41 Å². The van der Waals surface area contributed by atoms with Gasteiger partial charge in [0.05, 0.1) is 5.41 Å². The van der Waals surface area contributed by atoms with Gasteiger partial charge in [0, 0.05) is 31.3 Å². The van der Waals surface area contributed by atoms with Crippen LogP contribution in [0.25, 0.3) is 10.9 Å². The van der Waals surface area contributed by atoms with Gasteiger partial charge in [0.25, 0.3) is 0 Å². The lowest BCUT2D eigenvalue weighted by molar-refractivity contribution is -0.129. The third-order valence-corrected chi connectivity index (χ3v) is 4.32. The van der Waals surface area contributed by atoms with Gasteiger partial charge in [-0.2, -0.15) is 0 Å². The highest BCUT2D eigenvalue weighted by molar-refractivity contribution is 5.82. The second kappa shape index (κ2) is 6.76. The first kappa shape index (κ1) is 15.6. The predicted molar refractivity (Wildman–Crippen MR) is 87.0 cm³/mol. The fourth-order valence-corrected chi connectivity index (χ4v) is 2.40. The fraction of sp³-hybridized carbons (Fsp3) is 0.471. The van der Waals surface area contributed by atoms with Gasteiger partial charge in [-0.05, 0) is 37.3 Å². The minimum Gasteiger partial charge on any atom is -0.356 e. The molecule has 2 aromatic rings. The van der Waals surface area contributed by atoms with Crippen molar-refractivity contribution < 1.29 is 4.79 Å². The highest BCUT2D eigenvalue weighted by atomic mass is 16.2. The Kier molecular flexibility index (Phi) is 5.02. The standard InChI is InChI=1S/C17H25N3O/c1-3-17(2,13-18)16(21)19-10-6-11-20-12-9-14-7-4-5-8-15(14)20/h4-5,7-9,12H,3,6,10-11,13,18H2,1-2H3,(H,19,21). The molecule has 1 aromatic heterocycles. The number of nitrogens with one attached hydrogen (secondary N) is 1. The van der Waals surface area contributed by atoms with E-state index in [1.54, 1.807) is 0 Å². The van der Waals surface area contributed by atoms with Crippen LogP contribution in [-0.4, -0.2) is 23.6 Å². The van der Waals surface area contributed by atoms with E-state index in [2.05, 4.69) is 40.3 Å². The summed E-state index contributed by atoms with van der Waals surface area (Å²) in [5.74, 6) is 0.0601. The van der Waals surface area contributed by atoms with Gasteiger partial charge in [-0.25, -0.2) is 0 Å². The van der Waals surface area contributed by atoms with Crippen LogP contribution in [0.2, 0.25) is 0 Å². The lowest BCUT2D eigenvalue weighted by atomic mass is 9.87. The van der Waals surface area contributed by atoms with Crippen molar-refractivity contribution in [1.29, 1.82) is 0 Å². The third kappa shape index (κ3) is 3.45. The summed E-state index contributed by atoms with van der Waals surface area (Å²) in [4.78, 5) is 12.1. The van der Waals surface area contributed by atoms with Crippen molar-refractivity contribution in [2.24, 2.45) is 11.1 Å². The molecule has 3 N–H and O–H groups in total. The van der Waals surface area contributed by atoms with E-state index in [9.17, 15) is 4.79 Å². The number of amides is 1. The van der Waals surface area contributed by atoms with Crippen molar-refractivity contribution in [3.05, 3.63) is 36.5 Å². The molecule has 0 fully saturated rings. The van der Waals surface area contributed by atoms with Crippen molar-refractivity contribution >= 4 is 16.8 Å². The third-order valence-electron chi connectivity index (χ3n) is 4.32. The van der Waals surface area contributed by atoms with Gasteiger partial charge in [0.15, 0.2) is 0 Å². The zero-order valence-corrected chi connectivity index (χ0v) is 12.9. The summed E-state index contributed by atoms with van der Waals surface area (Å²) in [6.45, 7) is 5.89. The number of carbonyl (C=O) groups excluding carboxylic acids is 1. The van der Waals surface area contributed by atoms with Crippen LogP contribution in [0.4, 0.5) is 0 Å². The fourth-order valence-electron chi connectivity index (χ4n) is 2.40. The zero-order chi connectivity index (χ0) is 15.3. The number of rotatable bonds is 7. The molecule has 0 aliphatic rings. The Morgan fingerprint density at radius 2 is 2.10 bits per heavy atom. The zero-order valence-electron chi connectivity index (χ0n) is 12.9. The Hall–Kier alpha value is -1.81. The van der Waals surface area contributed by atoms with Crippen LogP contribution < -0.4 is 11.1 Å². The summed E-state index contributed by atoms with van der Waals surface area (Å²) >= 11 is 0. The Morgan fingerprint density at radius 3 is 2.81 bits per heavy atom. The van der Waals surface area contributed by atoms with Crippen molar-refractivity contribution in [3.63, 3.8) is 0 Å². The smallest absolute Gasteiger partial charge is 0.227 e. The topological polar surface area (TPSA) is 60.1 Å². The van der Waals surface area contributed by atoms with E-state index in [1.807, 2.05) is 19.9 Å². The molecule has 0 aliphatic heterocycles. The predicted octanol–water partition coefficient (Wildman–Crippen LogP) is 2.52. The maximum Gasteiger partial charge on any atom is 0.227 e. The van der Waals surface area contributed by atoms with Gasteiger partial charge in [0.1, 0.15) is 0 Å². The first-order valence-electron chi connectivity index (χ1n) is 7.63. The van der Waals surface area contributed by atoms with E-state index in [-0.39, 0.29) is 5.91 Å². The molecule has 1 aromatic carbocycles. The molecule has 4 nitrogen and oxygen atoms in total. The molecule has 1 amide bonds. The van der Waals surface area contributed by atoms with Crippen LogP contribution in [0.1, 0.15) is 26.7 Å². The Balaban J connectivity index is 1.84. The van der Waals surface area contributed by atoms with Crippen LogP contribution >= 0.6 is 0 Å². The first-order valence-corrected chi connectivity index (χ1v) is 7.63. The molecule has 0 bridgehead atoms. The monoisotopic (exact) mass is 287 g/mol. The molecule has 0 saturated heterocycles. The molecule has 114 valence electrons. The van der Waals surface area contributed by atoms with Crippen LogP contribution in [0.3, 0.4) is 0 Å². The number of carbonyl (C=O) groups is 1. The number of para-hydroxylation sites is 1. The van der Waals surface area contributed by atoms with E-state index in [1.165, 1.54) is 10.9 Å². The maximum atomic E-state index is 12.1. The molecule has 1 atom stereocenters. The van der Waals surface area contributed by atoms with Gasteiger partial charge in [0.2, 0.25) is 5.91 Å². The Labute approximate surface area is 126 Å². The molecule has 1 heterocycles. The number of aromatic nitrogens is 1. The quantitative estimate of drug-likeness (QED) is 0.769. The number of aryl methyl sites for hydroxylation is 1. The molecule has 1 unspecified atom stereocenters. The van der Waals surface area contributed by atoms with Gasteiger partial charge < -0.3 is 15.6 Å². The maximum absolute atomic E-state index is 12.1. The Bertz CT molecular complexity index is 599. The molecular weight excluding hydrogens is 262 g/mol. The molecule has 0 spiro atoms. The molecule has 0 saturated carbocycles. The van der Waals surface area contributed by atoms with E-state index in [0.717, 1.165) is 19.4 Å². The summed E-state index contributed by atoms with van der Waals surface area (Å²) in [7, 11) is 0. The van der Waals surface area contributed by atoms with Crippen molar-refractivity contribution in [3.8, 4) is 0 Å². The largest absolute Gasteiger partial charge is 0.356 e. The van der Waals surface area contributed by atoms with Gasteiger partial charge in [-0.1, -0.05) is 25.1 Å². The molecule has 4 heteroatoms. The number of benzene rings is 1. The van der Waals surface area contributed by atoms with Crippen molar-refractivity contribution in [2.45, 2.75) is 33.2 Å². The van der Waals surface area contributed by atoms with E-state index in [0.29, 0.717) is 13.1 Å². The minimum atomic E-state index is -0.444. The van der Waals surface area contributed by atoms with Crippen LogP contribution in [0, 0.1) is 5.41 Å². The first-order chi connectivity index (χ1) is 10.1. The highest BCUT2D eigenvalue weighted by Crippen LogP contribution is 2.19. The normalized spacial score (nSPS) is 14.0. The van der Waals surface area contributed by atoms with Gasteiger partial charge in [-0.15, -0.1) is 0 Å². The highest BCUT2D eigenvalue weighted by Gasteiger charge is 2.28. The number of fused-ring (bicyclic) bond motifs is 1. The number of nitrogens with zero attached hydrogens (tertiary/aromatic N) is 1. The second-order valence-corrected chi connectivity index (χ2v) is 5.80. The van der Waals surface area contributed by atoms with Crippen LogP contribution in [-0.2, 0) is 11.3 Å². The average Bonchev–Trinajstić information content (AvgIpc) is 2.93. The number of hydrogen-bond acceptors (Lipinski definition) is 2. The SMILES string of the molecule is CCC(C)(CN)C(=O)NCCCn1ccc2ccccc21. The van der Waals surface area contributed by atoms with Crippen molar-refractivity contribution in [1.82, 2.24) is 9.88 Å². The van der Waals surface area contributed by atoms with Crippen molar-refractivity contribution in [2.75, 3.05) is 13.1 Å². The van der Waals surface area contributed by atoms with E-state index in [4.69, 9.17) is 5.73 Å². The lowest BCUT2D eigenvalue weighted by Crippen LogP contribution is -2.43. The summed E-state index contributed by atoms with van der Waals surface area (Å²) < 4.78 is 2.23. The number of nitrogens with two attached hydrogens (primary N) is 1. The molecule has 2 rings (SSSR count). The summed E-state index contributed by atoms with van der Waals surface area (Å²) in [5.41, 5.74) is 6.49. The molecular formula is C17H25N3O. The van der Waals surface area contributed by atoms with E-state index >= 15 is 0 Å². The van der Waals surface area contributed by atoms with Crippen LogP contribution in [0.15, 0.2) is 36.5 Å². The minimum absolute atomic E-state index is 0.0601. The summed E-state index contributed by atoms with van der Waals surface area (Å²) in [6.07, 6.45) is 3.77. The average molecular weight is 287 g/mol. The molecule has 0 radical (unpaired) electrons. The second-order valence-electron chi connectivity index (χ2n) is 5.80. The van der Waals surface area contributed by atoms with Crippen LogP contribution in [0.5, 0.6) is 0 Å². The summed E-state index contributed by atoms with van der Waals surface area (Å²) in [6, 6.07) is 10.5. The number of hydrogen-bond donors (Lipinski definition) is 2. The lowest BCUT2D eigenvalue weighted by Gasteiger charge is -2.24. The van der Waals surface area contributed by atoms with Gasteiger partial charge >= 0.3 is 0 Å².